The molecule has 1 fully saturated rings. The van der Waals surface area contributed by atoms with Gasteiger partial charge in [-0.2, -0.15) is 4.80 Å². The van der Waals surface area contributed by atoms with Crippen molar-refractivity contribution in [3.8, 4) is 5.69 Å². The number of morpholine rings is 1. The van der Waals surface area contributed by atoms with Crippen LogP contribution in [-0.2, 0) is 4.74 Å². The third-order valence-corrected chi connectivity index (χ3v) is 6.55. The van der Waals surface area contributed by atoms with Gasteiger partial charge in [0, 0.05) is 30.4 Å². The van der Waals surface area contributed by atoms with Crippen LogP contribution in [0.4, 0.5) is 17.1 Å². The van der Waals surface area contributed by atoms with Crippen LogP contribution in [-0.4, -0.2) is 52.1 Å². The predicted molar refractivity (Wildman–Crippen MR) is 142 cm³/mol. The number of anilines is 2. The second-order valence-electron chi connectivity index (χ2n) is 9.41. The Morgan fingerprint density at radius 2 is 1.70 bits per heavy atom. The Balaban J connectivity index is 1.40. The van der Waals surface area contributed by atoms with Gasteiger partial charge in [-0.3, -0.25) is 14.9 Å². The predicted octanol–water partition coefficient (Wildman–Crippen LogP) is 4.85. The molecule has 0 saturated carbocycles. The first kappa shape index (κ1) is 24.4. The number of fused-ring (bicyclic) bond motifs is 1. The summed E-state index contributed by atoms with van der Waals surface area (Å²) in [5, 5.41) is 23.8. The van der Waals surface area contributed by atoms with Gasteiger partial charge in [-0.05, 0) is 60.4 Å². The summed E-state index contributed by atoms with van der Waals surface area (Å²) in [4.78, 5) is 27.9. The van der Waals surface area contributed by atoms with E-state index in [1.54, 1.807) is 23.0 Å². The number of carbonyl (C=O) groups is 1. The molecule has 5 rings (SSSR count). The van der Waals surface area contributed by atoms with E-state index in [0.29, 0.717) is 54.6 Å². The monoisotopic (exact) mass is 500 g/mol. The van der Waals surface area contributed by atoms with Crippen LogP contribution < -0.4 is 10.2 Å². The first-order chi connectivity index (χ1) is 17.8. The summed E-state index contributed by atoms with van der Waals surface area (Å²) < 4.78 is 5.34. The van der Waals surface area contributed by atoms with Crippen LogP contribution in [0.3, 0.4) is 0 Å². The number of benzene rings is 3. The minimum absolute atomic E-state index is 0.104. The highest BCUT2D eigenvalue weighted by molar-refractivity contribution is 6.06. The molecule has 10 nitrogen and oxygen atoms in total. The first-order valence-electron chi connectivity index (χ1n) is 12.2. The molecular formula is C27H28N6O4. The van der Waals surface area contributed by atoms with E-state index in [1.807, 2.05) is 30.0 Å². The fourth-order valence-corrected chi connectivity index (χ4v) is 4.39. The van der Waals surface area contributed by atoms with E-state index in [1.165, 1.54) is 11.6 Å². The van der Waals surface area contributed by atoms with Gasteiger partial charge in [-0.1, -0.05) is 26.0 Å². The van der Waals surface area contributed by atoms with Crippen molar-refractivity contribution >= 4 is 34.0 Å². The Kier molecular flexibility index (Phi) is 6.58. The second kappa shape index (κ2) is 9.98. The molecule has 1 aliphatic heterocycles. The number of nitro groups is 1. The van der Waals surface area contributed by atoms with E-state index >= 15 is 0 Å². The molecule has 1 saturated heterocycles. The minimum atomic E-state index is -0.453. The Hall–Kier alpha value is -4.31. The average Bonchev–Trinajstić information content (AvgIpc) is 3.31. The molecule has 3 aromatic carbocycles. The quantitative estimate of drug-likeness (QED) is 0.297. The van der Waals surface area contributed by atoms with Crippen molar-refractivity contribution in [2.75, 3.05) is 36.5 Å². The zero-order valence-electron chi connectivity index (χ0n) is 21.0. The molecule has 0 bridgehead atoms. The second-order valence-corrected chi connectivity index (χ2v) is 9.41. The minimum Gasteiger partial charge on any atom is -0.378 e. The number of aryl methyl sites for hydroxylation is 1. The molecule has 1 aromatic heterocycles. The number of rotatable bonds is 6. The normalized spacial score (nSPS) is 13.8. The molecule has 1 aliphatic rings. The molecular weight excluding hydrogens is 472 g/mol. The van der Waals surface area contributed by atoms with Gasteiger partial charge >= 0.3 is 0 Å². The molecule has 190 valence electrons. The lowest BCUT2D eigenvalue weighted by Gasteiger charge is -2.28. The van der Waals surface area contributed by atoms with Gasteiger partial charge in [-0.15, -0.1) is 10.2 Å². The Labute approximate surface area is 214 Å². The van der Waals surface area contributed by atoms with Gasteiger partial charge in [0.05, 0.1) is 23.8 Å². The molecule has 0 radical (unpaired) electrons. The van der Waals surface area contributed by atoms with Crippen LogP contribution >= 0.6 is 0 Å². The third-order valence-electron chi connectivity index (χ3n) is 6.55. The molecule has 37 heavy (non-hydrogen) atoms. The topological polar surface area (TPSA) is 115 Å². The van der Waals surface area contributed by atoms with Crippen molar-refractivity contribution < 1.29 is 14.5 Å². The van der Waals surface area contributed by atoms with Crippen molar-refractivity contribution in [3.05, 3.63) is 81.4 Å². The van der Waals surface area contributed by atoms with E-state index in [9.17, 15) is 14.9 Å². The summed E-state index contributed by atoms with van der Waals surface area (Å²) in [6.07, 6.45) is 0. The Morgan fingerprint density at radius 3 is 2.35 bits per heavy atom. The first-order valence-corrected chi connectivity index (χ1v) is 12.2. The standard InChI is InChI=1S/C27H28N6O4/c1-17(2)19-4-7-21(8-5-19)32-29-23-14-18(3)22(16-24(23)30-32)28-27(34)20-6-9-25(26(15-20)33(35)36)31-10-12-37-13-11-31/h4-9,14-17H,10-13H2,1-3H3,(H,28,34). The SMILES string of the molecule is Cc1cc2nn(-c3ccc(C(C)C)cc3)nc2cc1NC(=O)c1ccc(N2CCOCC2)c([N+](=O)[O-])c1. The van der Waals surface area contributed by atoms with E-state index in [0.717, 1.165) is 11.3 Å². The number of nitrogens with one attached hydrogen (secondary N) is 1. The van der Waals surface area contributed by atoms with Gasteiger partial charge in [0.1, 0.15) is 16.7 Å². The number of amides is 1. The highest BCUT2D eigenvalue weighted by atomic mass is 16.6. The van der Waals surface area contributed by atoms with E-state index in [-0.39, 0.29) is 11.3 Å². The van der Waals surface area contributed by atoms with E-state index < -0.39 is 10.8 Å². The maximum Gasteiger partial charge on any atom is 0.293 e. The van der Waals surface area contributed by atoms with Gasteiger partial charge in [-0.25, -0.2) is 0 Å². The summed E-state index contributed by atoms with van der Waals surface area (Å²) in [7, 11) is 0. The molecule has 1 amide bonds. The largest absolute Gasteiger partial charge is 0.378 e. The number of hydrogen-bond donors (Lipinski definition) is 1. The van der Waals surface area contributed by atoms with Crippen LogP contribution in [0.1, 0.15) is 41.3 Å². The number of nitrogens with zero attached hydrogens (tertiary/aromatic N) is 5. The Morgan fingerprint density at radius 1 is 1.03 bits per heavy atom. The summed E-state index contributed by atoms with van der Waals surface area (Å²) in [5.41, 5.74) is 5.38. The number of aromatic nitrogens is 3. The number of hydrogen-bond acceptors (Lipinski definition) is 7. The lowest BCUT2D eigenvalue weighted by Crippen LogP contribution is -2.36. The molecule has 0 aliphatic carbocycles. The average molecular weight is 501 g/mol. The highest BCUT2D eigenvalue weighted by Gasteiger charge is 2.23. The van der Waals surface area contributed by atoms with Crippen molar-refractivity contribution in [2.45, 2.75) is 26.7 Å². The van der Waals surface area contributed by atoms with Crippen LogP contribution in [0.2, 0.25) is 0 Å². The van der Waals surface area contributed by atoms with E-state index in [2.05, 4.69) is 41.5 Å². The molecule has 0 unspecified atom stereocenters. The van der Waals surface area contributed by atoms with Crippen LogP contribution in [0.25, 0.3) is 16.7 Å². The van der Waals surface area contributed by atoms with Crippen molar-refractivity contribution in [2.24, 2.45) is 0 Å². The smallest absolute Gasteiger partial charge is 0.293 e. The molecule has 4 aromatic rings. The molecule has 1 N–H and O–H groups in total. The van der Waals surface area contributed by atoms with Crippen molar-refractivity contribution in [1.82, 2.24) is 15.0 Å². The molecule has 10 heteroatoms. The zero-order valence-corrected chi connectivity index (χ0v) is 21.0. The number of nitro benzene ring substituents is 1. The van der Waals surface area contributed by atoms with Gasteiger partial charge in [0.25, 0.3) is 11.6 Å². The summed E-state index contributed by atoms with van der Waals surface area (Å²) >= 11 is 0. The number of carbonyl (C=O) groups excluding carboxylic acids is 1. The molecule has 0 atom stereocenters. The summed E-state index contributed by atoms with van der Waals surface area (Å²) in [6.45, 7) is 8.30. The van der Waals surface area contributed by atoms with Crippen LogP contribution in [0.15, 0.2) is 54.6 Å². The van der Waals surface area contributed by atoms with Crippen molar-refractivity contribution in [3.63, 3.8) is 0 Å². The fraction of sp³-hybridized carbons (Fsp3) is 0.296. The van der Waals surface area contributed by atoms with Crippen molar-refractivity contribution in [1.29, 1.82) is 0 Å². The van der Waals surface area contributed by atoms with Gasteiger partial charge in [0.2, 0.25) is 0 Å². The summed E-state index contributed by atoms with van der Waals surface area (Å²) in [5.74, 6) is 0.000251. The third kappa shape index (κ3) is 5.01. The summed E-state index contributed by atoms with van der Waals surface area (Å²) in [6, 6.07) is 16.3. The van der Waals surface area contributed by atoms with Crippen LogP contribution in [0, 0.1) is 17.0 Å². The van der Waals surface area contributed by atoms with Gasteiger partial charge in [0.15, 0.2) is 0 Å². The lowest BCUT2D eigenvalue weighted by atomic mass is 10.0. The molecule has 0 spiro atoms. The van der Waals surface area contributed by atoms with E-state index in [4.69, 9.17) is 4.74 Å². The van der Waals surface area contributed by atoms with Crippen LogP contribution in [0.5, 0.6) is 0 Å². The lowest BCUT2D eigenvalue weighted by molar-refractivity contribution is -0.384. The highest BCUT2D eigenvalue weighted by Crippen LogP contribution is 2.31. The maximum absolute atomic E-state index is 13.1. The maximum atomic E-state index is 13.1. The number of ether oxygens (including phenoxy) is 1. The molecule has 2 heterocycles. The zero-order chi connectivity index (χ0) is 26.1. The van der Waals surface area contributed by atoms with Gasteiger partial charge < -0.3 is 15.0 Å². The Bertz CT molecular complexity index is 1470. The fourth-order valence-electron chi connectivity index (χ4n) is 4.39.